The van der Waals surface area contributed by atoms with Crippen LogP contribution in [0.15, 0.2) is 46.9 Å². The molecular formula is C20H23BrClNO2. The third kappa shape index (κ3) is 5.75. The highest BCUT2D eigenvalue weighted by molar-refractivity contribution is 9.10. The van der Waals surface area contributed by atoms with Crippen molar-refractivity contribution in [3.63, 3.8) is 0 Å². The van der Waals surface area contributed by atoms with Crippen LogP contribution in [0.2, 0.25) is 5.02 Å². The molecule has 0 radical (unpaired) electrons. The van der Waals surface area contributed by atoms with E-state index < -0.39 is 0 Å². The van der Waals surface area contributed by atoms with Crippen molar-refractivity contribution in [1.29, 1.82) is 0 Å². The molecule has 0 spiro atoms. The molecule has 1 unspecified atom stereocenters. The fraction of sp³-hybridized carbons (Fsp3) is 0.350. The van der Waals surface area contributed by atoms with Gasteiger partial charge in [0.05, 0.1) is 11.1 Å². The predicted molar refractivity (Wildman–Crippen MR) is 106 cm³/mol. The SMILES string of the molecule is CC(NC(=O)COc1ccc(Br)cc1Cl)c1ccc(C(C)(C)C)cc1. The van der Waals surface area contributed by atoms with Crippen molar-refractivity contribution >= 4 is 33.4 Å². The molecule has 0 heterocycles. The number of carbonyl (C=O) groups is 1. The number of rotatable bonds is 5. The Bertz CT molecular complexity index is 738. The van der Waals surface area contributed by atoms with Crippen molar-refractivity contribution in [2.24, 2.45) is 0 Å². The Labute approximate surface area is 162 Å². The van der Waals surface area contributed by atoms with Gasteiger partial charge in [0.15, 0.2) is 6.61 Å². The van der Waals surface area contributed by atoms with Gasteiger partial charge in [-0.05, 0) is 41.7 Å². The van der Waals surface area contributed by atoms with E-state index in [9.17, 15) is 4.79 Å². The van der Waals surface area contributed by atoms with Gasteiger partial charge in [-0.25, -0.2) is 0 Å². The van der Waals surface area contributed by atoms with Gasteiger partial charge in [0.25, 0.3) is 5.91 Å². The van der Waals surface area contributed by atoms with Crippen LogP contribution in [-0.4, -0.2) is 12.5 Å². The first-order valence-electron chi connectivity index (χ1n) is 8.14. The molecule has 0 aliphatic rings. The summed E-state index contributed by atoms with van der Waals surface area (Å²) in [5.41, 5.74) is 2.44. The summed E-state index contributed by atoms with van der Waals surface area (Å²) in [5.74, 6) is 0.300. The lowest BCUT2D eigenvalue weighted by Crippen LogP contribution is -2.31. The van der Waals surface area contributed by atoms with E-state index >= 15 is 0 Å². The minimum absolute atomic E-state index is 0.0776. The topological polar surface area (TPSA) is 38.3 Å². The normalized spacial score (nSPS) is 12.6. The molecule has 1 atom stereocenters. The van der Waals surface area contributed by atoms with E-state index in [-0.39, 0.29) is 24.0 Å². The Morgan fingerprint density at radius 2 is 1.84 bits per heavy atom. The molecule has 2 aromatic carbocycles. The molecule has 1 N–H and O–H groups in total. The number of nitrogens with one attached hydrogen (secondary N) is 1. The molecule has 0 saturated carbocycles. The van der Waals surface area contributed by atoms with Gasteiger partial charge in [0.1, 0.15) is 5.75 Å². The maximum atomic E-state index is 12.1. The number of ether oxygens (including phenoxy) is 1. The lowest BCUT2D eigenvalue weighted by atomic mass is 9.86. The molecule has 2 aromatic rings. The van der Waals surface area contributed by atoms with E-state index in [1.807, 2.05) is 13.0 Å². The molecule has 0 aromatic heterocycles. The molecule has 5 heteroatoms. The summed E-state index contributed by atoms with van der Waals surface area (Å²) in [6.07, 6.45) is 0. The minimum atomic E-state index is -0.189. The van der Waals surface area contributed by atoms with E-state index in [2.05, 4.69) is 66.3 Å². The van der Waals surface area contributed by atoms with Crippen LogP contribution >= 0.6 is 27.5 Å². The zero-order valence-electron chi connectivity index (χ0n) is 14.9. The third-order valence-electron chi connectivity index (χ3n) is 3.91. The van der Waals surface area contributed by atoms with Gasteiger partial charge in [-0.3, -0.25) is 4.79 Å². The molecular weight excluding hydrogens is 402 g/mol. The Morgan fingerprint density at radius 1 is 1.20 bits per heavy atom. The van der Waals surface area contributed by atoms with Gasteiger partial charge in [0.2, 0.25) is 0 Å². The zero-order valence-corrected chi connectivity index (χ0v) is 17.2. The first-order chi connectivity index (χ1) is 11.7. The van der Waals surface area contributed by atoms with Crippen molar-refractivity contribution in [1.82, 2.24) is 5.32 Å². The van der Waals surface area contributed by atoms with Gasteiger partial charge in [-0.15, -0.1) is 0 Å². The molecule has 3 nitrogen and oxygen atoms in total. The summed E-state index contributed by atoms with van der Waals surface area (Å²) in [7, 11) is 0. The van der Waals surface area contributed by atoms with Crippen molar-refractivity contribution in [2.75, 3.05) is 6.61 Å². The number of amides is 1. The second-order valence-electron chi connectivity index (χ2n) is 7.02. The monoisotopic (exact) mass is 423 g/mol. The van der Waals surface area contributed by atoms with E-state index in [1.165, 1.54) is 5.56 Å². The fourth-order valence-electron chi connectivity index (χ4n) is 2.37. The maximum Gasteiger partial charge on any atom is 0.258 e. The number of hydrogen-bond donors (Lipinski definition) is 1. The highest BCUT2D eigenvalue weighted by atomic mass is 79.9. The minimum Gasteiger partial charge on any atom is -0.482 e. The number of benzene rings is 2. The Morgan fingerprint density at radius 3 is 2.40 bits per heavy atom. The van der Waals surface area contributed by atoms with E-state index in [1.54, 1.807) is 12.1 Å². The maximum absolute atomic E-state index is 12.1. The summed E-state index contributed by atoms with van der Waals surface area (Å²) in [5, 5.41) is 3.40. The Hall–Kier alpha value is -1.52. The summed E-state index contributed by atoms with van der Waals surface area (Å²) in [6, 6.07) is 13.5. The number of carbonyl (C=O) groups excluding carboxylic acids is 1. The summed E-state index contributed by atoms with van der Waals surface area (Å²) < 4.78 is 6.35. The van der Waals surface area contributed by atoms with Gasteiger partial charge in [0, 0.05) is 4.47 Å². The van der Waals surface area contributed by atoms with E-state index in [0.717, 1.165) is 10.0 Å². The van der Waals surface area contributed by atoms with Crippen LogP contribution in [0, 0.1) is 0 Å². The molecule has 0 aliphatic heterocycles. The lowest BCUT2D eigenvalue weighted by Gasteiger charge is -2.20. The van der Waals surface area contributed by atoms with Crippen LogP contribution in [0.25, 0.3) is 0 Å². The molecule has 0 bridgehead atoms. The second kappa shape index (κ2) is 8.24. The van der Waals surface area contributed by atoms with Crippen LogP contribution in [0.3, 0.4) is 0 Å². The van der Waals surface area contributed by atoms with Crippen molar-refractivity contribution in [3.8, 4) is 5.75 Å². The van der Waals surface area contributed by atoms with Crippen LogP contribution in [0.1, 0.15) is 44.9 Å². The number of halogens is 2. The van der Waals surface area contributed by atoms with E-state index in [4.69, 9.17) is 16.3 Å². The van der Waals surface area contributed by atoms with Crippen LogP contribution in [0.5, 0.6) is 5.75 Å². The van der Waals surface area contributed by atoms with Crippen molar-refractivity contribution in [2.45, 2.75) is 39.2 Å². The van der Waals surface area contributed by atoms with Crippen LogP contribution in [-0.2, 0) is 10.2 Å². The summed E-state index contributed by atoms with van der Waals surface area (Å²) in [4.78, 5) is 12.1. The largest absolute Gasteiger partial charge is 0.482 e. The van der Waals surface area contributed by atoms with Gasteiger partial charge < -0.3 is 10.1 Å². The summed E-state index contributed by atoms with van der Waals surface area (Å²) >= 11 is 9.41. The van der Waals surface area contributed by atoms with Crippen LogP contribution in [0.4, 0.5) is 0 Å². The average molecular weight is 425 g/mol. The molecule has 2 rings (SSSR count). The molecule has 0 saturated heterocycles. The molecule has 1 amide bonds. The number of hydrogen-bond acceptors (Lipinski definition) is 2. The smallest absolute Gasteiger partial charge is 0.258 e. The zero-order chi connectivity index (χ0) is 18.6. The first kappa shape index (κ1) is 19.8. The quantitative estimate of drug-likeness (QED) is 0.673. The third-order valence-corrected chi connectivity index (χ3v) is 4.70. The predicted octanol–water partition coefficient (Wildman–Crippen LogP) is 5.66. The van der Waals surface area contributed by atoms with Crippen molar-refractivity contribution < 1.29 is 9.53 Å². The average Bonchev–Trinajstić information content (AvgIpc) is 2.53. The highest BCUT2D eigenvalue weighted by Crippen LogP contribution is 2.28. The fourth-order valence-corrected chi connectivity index (χ4v) is 3.10. The Balaban J connectivity index is 1.91. The molecule has 134 valence electrons. The van der Waals surface area contributed by atoms with Gasteiger partial charge in [-0.1, -0.05) is 72.6 Å². The molecule has 25 heavy (non-hydrogen) atoms. The van der Waals surface area contributed by atoms with Crippen LogP contribution < -0.4 is 10.1 Å². The first-order valence-corrected chi connectivity index (χ1v) is 9.31. The van der Waals surface area contributed by atoms with E-state index in [0.29, 0.717) is 10.8 Å². The van der Waals surface area contributed by atoms with Gasteiger partial charge >= 0.3 is 0 Å². The summed E-state index contributed by atoms with van der Waals surface area (Å²) in [6.45, 7) is 8.41. The Kier molecular flexibility index (Phi) is 6.53. The van der Waals surface area contributed by atoms with Crippen molar-refractivity contribution in [3.05, 3.63) is 63.1 Å². The molecule has 0 aliphatic carbocycles. The standard InChI is InChI=1S/C20H23BrClNO2/c1-13(14-5-7-15(8-6-14)20(2,3)4)23-19(24)12-25-18-10-9-16(21)11-17(18)22/h5-11,13H,12H2,1-4H3,(H,23,24). The molecule has 0 fully saturated rings. The van der Waals surface area contributed by atoms with Gasteiger partial charge in [-0.2, -0.15) is 0 Å². The second-order valence-corrected chi connectivity index (χ2v) is 8.35. The lowest BCUT2D eigenvalue weighted by molar-refractivity contribution is -0.123. The highest BCUT2D eigenvalue weighted by Gasteiger charge is 2.15.